The summed E-state index contributed by atoms with van der Waals surface area (Å²) in [5, 5.41) is 0. The zero-order valence-electron chi connectivity index (χ0n) is 11.2. The summed E-state index contributed by atoms with van der Waals surface area (Å²) in [6, 6.07) is 7.77. The van der Waals surface area contributed by atoms with Crippen molar-refractivity contribution in [3.8, 4) is 0 Å². The van der Waals surface area contributed by atoms with Crippen molar-refractivity contribution in [2.45, 2.75) is 51.6 Å². The van der Waals surface area contributed by atoms with E-state index in [2.05, 4.69) is 44.0 Å². The van der Waals surface area contributed by atoms with Crippen molar-refractivity contribution in [2.75, 3.05) is 11.9 Å². The van der Waals surface area contributed by atoms with Crippen molar-refractivity contribution >= 4 is 5.69 Å². The second kappa shape index (κ2) is 5.09. The van der Waals surface area contributed by atoms with Crippen LogP contribution in [0.5, 0.6) is 0 Å². The summed E-state index contributed by atoms with van der Waals surface area (Å²) in [6.07, 6.45) is 4.86. The fourth-order valence-electron chi connectivity index (χ4n) is 2.92. The van der Waals surface area contributed by atoms with Gasteiger partial charge in [0.1, 0.15) is 0 Å². The smallest absolute Gasteiger partial charge is 0.0371 e. The Labute approximate surface area is 105 Å². The summed E-state index contributed by atoms with van der Waals surface area (Å²) < 4.78 is 0. The summed E-state index contributed by atoms with van der Waals surface area (Å²) in [6.45, 7) is 4.33. The fraction of sp³-hybridized carbons (Fsp3) is 0.600. The number of nitrogens with zero attached hydrogens (tertiary/aromatic N) is 1. The molecule has 1 saturated carbocycles. The molecule has 1 aliphatic rings. The van der Waals surface area contributed by atoms with Crippen LogP contribution < -0.4 is 10.6 Å². The Balaban J connectivity index is 2.15. The first-order valence-electron chi connectivity index (χ1n) is 6.63. The fourth-order valence-corrected chi connectivity index (χ4v) is 2.92. The van der Waals surface area contributed by atoms with Crippen molar-refractivity contribution in [3.05, 3.63) is 29.3 Å². The van der Waals surface area contributed by atoms with Crippen molar-refractivity contribution in [1.82, 2.24) is 0 Å². The lowest BCUT2D eigenvalue weighted by molar-refractivity contribution is 0.382. The van der Waals surface area contributed by atoms with Crippen molar-refractivity contribution in [3.63, 3.8) is 0 Å². The maximum atomic E-state index is 6.07. The Morgan fingerprint density at radius 2 is 1.76 bits per heavy atom. The van der Waals surface area contributed by atoms with Crippen LogP contribution in [0.15, 0.2) is 18.2 Å². The number of aryl methyl sites for hydroxylation is 2. The highest BCUT2D eigenvalue weighted by molar-refractivity contribution is 5.51. The van der Waals surface area contributed by atoms with Gasteiger partial charge in [0.05, 0.1) is 0 Å². The maximum Gasteiger partial charge on any atom is 0.0371 e. The third-order valence-corrected chi connectivity index (χ3v) is 3.85. The number of anilines is 1. The molecule has 2 rings (SSSR count). The molecule has 2 N–H and O–H groups in total. The third kappa shape index (κ3) is 3.01. The van der Waals surface area contributed by atoms with E-state index in [0.29, 0.717) is 12.1 Å². The molecule has 0 bridgehead atoms. The van der Waals surface area contributed by atoms with Gasteiger partial charge in [0.25, 0.3) is 0 Å². The van der Waals surface area contributed by atoms with Gasteiger partial charge < -0.3 is 10.6 Å². The standard InChI is InChI=1S/C15H24N2/c1-11-7-12(2)9-15(8-11)17(3)14-6-4-5-13(16)10-14/h7-9,13-14H,4-6,10,16H2,1-3H3. The van der Waals surface area contributed by atoms with Gasteiger partial charge in [-0.1, -0.05) is 6.07 Å². The predicted molar refractivity (Wildman–Crippen MR) is 74.6 cm³/mol. The number of hydrogen-bond donors (Lipinski definition) is 1. The molecular weight excluding hydrogens is 208 g/mol. The van der Waals surface area contributed by atoms with Crippen LogP contribution >= 0.6 is 0 Å². The quantitative estimate of drug-likeness (QED) is 0.849. The lowest BCUT2D eigenvalue weighted by atomic mass is 9.90. The molecule has 1 aliphatic carbocycles. The number of hydrogen-bond acceptors (Lipinski definition) is 2. The average Bonchev–Trinajstić information content (AvgIpc) is 2.26. The monoisotopic (exact) mass is 232 g/mol. The van der Waals surface area contributed by atoms with E-state index in [1.165, 1.54) is 36.1 Å². The lowest BCUT2D eigenvalue weighted by Crippen LogP contribution is -2.40. The van der Waals surface area contributed by atoms with Crippen LogP contribution in [0.1, 0.15) is 36.8 Å². The Morgan fingerprint density at radius 3 is 2.35 bits per heavy atom. The number of benzene rings is 1. The van der Waals surface area contributed by atoms with Gasteiger partial charge in [-0.25, -0.2) is 0 Å². The summed E-state index contributed by atoms with van der Waals surface area (Å²) in [7, 11) is 2.21. The first-order valence-corrected chi connectivity index (χ1v) is 6.63. The molecule has 0 aromatic heterocycles. The van der Waals surface area contributed by atoms with Gasteiger partial charge in [-0.05, 0) is 62.8 Å². The van der Waals surface area contributed by atoms with Crippen molar-refractivity contribution in [2.24, 2.45) is 5.73 Å². The summed E-state index contributed by atoms with van der Waals surface area (Å²) in [5.41, 5.74) is 10.1. The molecule has 0 radical (unpaired) electrons. The van der Waals surface area contributed by atoms with E-state index in [0.717, 1.165) is 6.42 Å². The van der Waals surface area contributed by atoms with E-state index in [4.69, 9.17) is 5.73 Å². The largest absolute Gasteiger partial charge is 0.372 e. The van der Waals surface area contributed by atoms with Gasteiger partial charge in [-0.15, -0.1) is 0 Å². The van der Waals surface area contributed by atoms with E-state index in [9.17, 15) is 0 Å². The molecule has 0 amide bonds. The molecule has 1 fully saturated rings. The van der Waals surface area contributed by atoms with Crippen molar-refractivity contribution < 1.29 is 0 Å². The highest BCUT2D eigenvalue weighted by Gasteiger charge is 2.22. The third-order valence-electron chi connectivity index (χ3n) is 3.85. The van der Waals surface area contributed by atoms with E-state index in [-0.39, 0.29) is 0 Å². The summed E-state index contributed by atoms with van der Waals surface area (Å²) in [5.74, 6) is 0. The molecule has 1 aromatic rings. The van der Waals surface area contributed by atoms with Crippen LogP contribution in [-0.4, -0.2) is 19.1 Å². The van der Waals surface area contributed by atoms with Gasteiger partial charge in [0, 0.05) is 24.8 Å². The van der Waals surface area contributed by atoms with Gasteiger partial charge in [0.15, 0.2) is 0 Å². The molecule has 2 heteroatoms. The normalized spacial score (nSPS) is 24.7. The average molecular weight is 232 g/mol. The minimum atomic E-state index is 0.391. The second-order valence-electron chi connectivity index (χ2n) is 5.54. The number of nitrogens with two attached hydrogens (primary N) is 1. The molecule has 2 atom stereocenters. The first-order chi connectivity index (χ1) is 8.06. The Hall–Kier alpha value is -1.02. The Bertz CT molecular complexity index is 366. The highest BCUT2D eigenvalue weighted by Crippen LogP contribution is 2.26. The second-order valence-corrected chi connectivity index (χ2v) is 5.54. The first kappa shape index (κ1) is 12.4. The van der Waals surface area contributed by atoms with Crippen LogP contribution in [-0.2, 0) is 0 Å². The number of rotatable bonds is 2. The minimum Gasteiger partial charge on any atom is -0.372 e. The molecule has 0 spiro atoms. The molecule has 94 valence electrons. The van der Waals surface area contributed by atoms with Gasteiger partial charge in [0.2, 0.25) is 0 Å². The summed E-state index contributed by atoms with van der Waals surface area (Å²) in [4.78, 5) is 2.42. The van der Waals surface area contributed by atoms with Crippen LogP contribution in [0.2, 0.25) is 0 Å². The molecule has 0 aliphatic heterocycles. The van der Waals surface area contributed by atoms with Crippen LogP contribution in [0, 0.1) is 13.8 Å². The Kier molecular flexibility index (Phi) is 3.72. The SMILES string of the molecule is Cc1cc(C)cc(N(C)C2CCCC(N)C2)c1. The summed E-state index contributed by atoms with van der Waals surface area (Å²) >= 11 is 0. The molecule has 0 saturated heterocycles. The van der Waals surface area contributed by atoms with Crippen molar-refractivity contribution in [1.29, 1.82) is 0 Å². The molecular formula is C15H24N2. The van der Waals surface area contributed by atoms with Gasteiger partial charge >= 0.3 is 0 Å². The molecule has 0 heterocycles. The van der Waals surface area contributed by atoms with E-state index in [1.807, 2.05) is 0 Å². The molecule has 2 nitrogen and oxygen atoms in total. The molecule has 1 aromatic carbocycles. The van der Waals surface area contributed by atoms with Crippen LogP contribution in [0.3, 0.4) is 0 Å². The Morgan fingerprint density at radius 1 is 1.12 bits per heavy atom. The topological polar surface area (TPSA) is 29.3 Å². The van der Waals surface area contributed by atoms with Gasteiger partial charge in [-0.3, -0.25) is 0 Å². The molecule has 17 heavy (non-hydrogen) atoms. The molecule has 2 unspecified atom stereocenters. The zero-order chi connectivity index (χ0) is 12.4. The van der Waals surface area contributed by atoms with E-state index < -0.39 is 0 Å². The van der Waals surface area contributed by atoms with Gasteiger partial charge in [-0.2, -0.15) is 0 Å². The zero-order valence-corrected chi connectivity index (χ0v) is 11.2. The van der Waals surface area contributed by atoms with E-state index in [1.54, 1.807) is 0 Å². The van der Waals surface area contributed by atoms with Crippen LogP contribution in [0.4, 0.5) is 5.69 Å². The van der Waals surface area contributed by atoms with E-state index >= 15 is 0 Å². The predicted octanol–water partition coefficient (Wildman–Crippen LogP) is 3.01. The van der Waals surface area contributed by atoms with Crippen LogP contribution in [0.25, 0.3) is 0 Å². The maximum absolute atomic E-state index is 6.07. The minimum absolute atomic E-state index is 0.391. The highest BCUT2D eigenvalue weighted by atomic mass is 15.1. The lowest BCUT2D eigenvalue weighted by Gasteiger charge is -2.35.